The molecule has 0 saturated carbocycles. The first-order valence-electron chi connectivity index (χ1n) is 13.1. The van der Waals surface area contributed by atoms with Gasteiger partial charge in [0.1, 0.15) is 24.9 Å². The molecule has 1 aliphatic heterocycles. The zero-order valence-electron chi connectivity index (χ0n) is 23.6. The summed E-state index contributed by atoms with van der Waals surface area (Å²) in [4.78, 5) is 56.2. The number of benzene rings is 2. The van der Waals surface area contributed by atoms with Gasteiger partial charge in [-0.1, -0.05) is 60.7 Å². The molecule has 0 spiro atoms. The summed E-state index contributed by atoms with van der Waals surface area (Å²) in [5.74, 6) is -0.810. The fraction of sp³-hybridized carbons (Fsp3) is 0.414. The van der Waals surface area contributed by atoms with Gasteiger partial charge in [-0.2, -0.15) is 0 Å². The van der Waals surface area contributed by atoms with Gasteiger partial charge < -0.3 is 18.9 Å². The van der Waals surface area contributed by atoms with Crippen molar-refractivity contribution in [1.29, 1.82) is 0 Å². The van der Waals surface area contributed by atoms with Gasteiger partial charge in [0.2, 0.25) is 5.96 Å². The molecular formula is C29H36N4O8. The number of alkyl carbamates (subject to hydrolysis) is 2. The maximum atomic E-state index is 12.9. The van der Waals surface area contributed by atoms with E-state index in [-0.39, 0.29) is 32.1 Å². The highest BCUT2D eigenvalue weighted by Gasteiger charge is 2.39. The van der Waals surface area contributed by atoms with Crippen LogP contribution in [0.4, 0.5) is 14.4 Å². The number of likely N-dealkylation sites (tertiary alicyclic amines) is 1. The lowest BCUT2D eigenvalue weighted by Gasteiger charge is -2.37. The van der Waals surface area contributed by atoms with Crippen LogP contribution in [-0.2, 0) is 37.0 Å². The SMILES string of the molecule is COC(=O)[C@@H]1CC[C@H](N=C(NC(=O)OCc2ccccc2)NC(=O)OCc2ccccc2)CN1C(=O)OC(C)(C)C. The van der Waals surface area contributed by atoms with Crippen molar-refractivity contribution in [2.75, 3.05) is 13.7 Å². The first-order chi connectivity index (χ1) is 19.5. The minimum atomic E-state index is -0.864. The van der Waals surface area contributed by atoms with Gasteiger partial charge in [0.05, 0.1) is 13.2 Å². The first-order valence-corrected chi connectivity index (χ1v) is 13.1. The first kappa shape index (κ1) is 30.9. The number of rotatable bonds is 6. The summed E-state index contributed by atoms with van der Waals surface area (Å²) in [5.41, 5.74) is 0.740. The van der Waals surface area contributed by atoms with Crippen LogP contribution in [0.15, 0.2) is 65.7 Å². The normalized spacial score (nSPS) is 16.5. The van der Waals surface area contributed by atoms with Crippen molar-refractivity contribution in [2.24, 2.45) is 4.99 Å². The van der Waals surface area contributed by atoms with Crippen molar-refractivity contribution in [3.05, 3.63) is 71.8 Å². The number of carbonyl (C=O) groups excluding carboxylic acids is 4. The lowest BCUT2D eigenvalue weighted by atomic mass is 9.99. The number of methoxy groups -OCH3 is 1. The lowest BCUT2D eigenvalue weighted by molar-refractivity contribution is -0.148. The number of esters is 1. The topological polar surface area (TPSA) is 145 Å². The molecule has 0 radical (unpaired) electrons. The molecule has 2 aromatic rings. The standard InChI is InChI=1S/C29H36N4O8/c1-29(2,3)41-28(37)33-17-22(15-16-23(33)24(34)38-4)30-25(31-26(35)39-18-20-11-7-5-8-12-20)32-27(36)40-19-21-13-9-6-10-14-21/h5-14,22-23H,15-19H2,1-4H3,(H2,30,31,32,35,36)/t22-,23-/m0/s1. The number of ether oxygens (including phenoxy) is 4. The van der Waals surface area contributed by atoms with Crippen molar-refractivity contribution >= 4 is 30.2 Å². The van der Waals surface area contributed by atoms with Crippen molar-refractivity contribution in [3.8, 4) is 0 Å². The van der Waals surface area contributed by atoms with Crippen LogP contribution in [0.25, 0.3) is 0 Å². The highest BCUT2D eigenvalue weighted by atomic mass is 16.6. The maximum absolute atomic E-state index is 12.9. The summed E-state index contributed by atoms with van der Waals surface area (Å²) in [6.45, 7) is 5.10. The van der Waals surface area contributed by atoms with Crippen LogP contribution >= 0.6 is 0 Å². The van der Waals surface area contributed by atoms with Gasteiger partial charge in [0.15, 0.2) is 0 Å². The van der Waals surface area contributed by atoms with Gasteiger partial charge in [-0.05, 0) is 44.7 Å². The fourth-order valence-corrected chi connectivity index (χ4v) is 3.95. The van der Waals surface area contributed by atoms with Crippen LogP contribution in [0, 0.1) is 0 Å². The molecule has 12 heteroatoms. The van der Waals surface area contributed by atoms with Crippen LogP contribution in [-0.4, -0.2) is 66.4 Å². The maximum Gasteiger partial charge on any atom is 0.414 e. The van der Waals surface area contributed by atoms with Crippen molar-refractivity contribution in [2.45, 2.75) is 64.5 Å². The van der Waals surface area contributed by atoms with E-state index in [1.165, 1.54) is 12.0 Å². The molecule has 12 nitrogen and oxygen atoms in total. The predicted molar refractivity (Wildman–Crippen MR) is 149 cm³/mol. The van der Waals surface area contributed by atoms with Crippen molar-refractivity contribution < 1.29 is 38.1 Å². The van der Waals surface area contributed by atoms with E-state index in [9.17, 15) is 19.2 Å². The van der Waals surface area contributed by atoms with Crippen LogP contribution < -0.4 is 10.6 Å². The number of guanidine groups is 1. The molecular weight excluding hydrogens is 532 g/mol. The second kappa shape index (κ2) is 14.7. The molecule has 0 aliphatic carbocycles. The third-order valence-electron chi connectivity index (χ3n) is 5.84. The molecule has 1 heterocycles. The minimum Gasteiger partial charge on any atom is -0.467 e. The smallest absolute Gasteiger partial charge is 0.414 e. The summed E-state index contributed by atoms with van der Waals surface area (Å²) >= 11 is 0. The fourth-order valence-electron chi connectivity index (χ4n) is 3.95. The van der Waals surface area contributed by atoms with Crippen LogP contribution in [0.3, 0.4) is 0 Å². The number of carbonyl (C=O) groups is 4. The number of piperidine rings is 1. The summed E-state index contributed by atoms with van der Waals surface area (Å²) in [6.07, 6.45) is -1.85. The van der Waals surface area contributed by atoms with E-state index >= 15 is 0 Å². The molecule has 0 unspecified atom stereocenters. The number of amides is 3. The Kier molecular flexibility index (Phi) is 11.1. The van der Waals surface area contributed by atoms with Crippen LogP contribution in [0.2, 0.25) is 0 Å². The van der Waals surface area contributed by atoms with Crippen molar-refractivity contribution in [3.63, 3.8) is 0 Å². The average Bonchev–Trinajstić information content (AvgIpc) is 2.94. The average molecular weight is 569 g/mol. The number of nitrogens with one attached hydrogen (secondary N) is 2. The monoisotopic (exact) mass is 568 g/mol. The number of nitrogens with zero attached hydrogens (tertiary/aromatic N) is 2. The molecule has 1 saturated heterocycles. The zero-order valence-corrected chi connectivity index (χ0v) is 23.6. The van der Waals surface area contributed by atoms with Crippen LogP contribution in [0.1, 0.15) is 44.7 Å². The van der Waals surface area contributed by atoms with Gasteiger partial charge >= 0.3 is 24.2 Å². The lowest BCUT2D eigenvalue weighted by Crippen LogP contribution is -2.54. The number of hydrogen-bond donors (Lipinski definition) is 2. The highest BCUT2D eigenvalue weighted by molar-refractivity contribution is 6.01. The Morgan fingerprint density at radius 3 is 1.83 bits per heavy atom. The second-order valence-corrected chi connectivity index (χ2v) is 10.3. The highest BCUT2D eigenvalue weighted by Crippen LogP contribution is 2.23. The Morgan fingerprint density at radius 2 is 1.37 bits per heavy atom. The van der Waals surface area contributed by atoms with Gasteiger partial charge in [0, 0.05) is 6.54 Å². The Morgan fingerprint density at radius 1 is 0.854 bits per heavy atom. The second-order valence-electron chi connectivity index (χ2n) is 10.3. The van der Waals surface area contributed by atoms with E-state index in [1.54, 1.807) is 45.0 Å². The summed E-state index contributed by atoms with van der Waals surface area (Å²) < 4.78 is 20.9. The molecule has 0 aromatic heterocycles. The third-order valence-corrected chi connectivity index (χ3v) is 5.84. The van der Waals surface area contributed by atoms with Gasteiger partial charge in [-0.25, -0.2) is 24.2 Å². The largest absolute Gasteiger partial charge is 0.467 e. The predicted octanol–water partition coefficient (Wildman–Crippen LogP) is 4.14. The van der Waals surface area contributed by atoms with E-state index in [4.69, 9.17) is 18.9 Å². The van der Waals surface area contributed by atoms with E-state index < -0.39 is 41.9 Å². The van der Waals surface area contributed by atoms with Gasteiger partial charge in [-0.3, -0.25) is 15.5 Å². The van der Waals surface area contributed by atoms with E-state index in [0.717, 1.165) is 11.1 Å². The summed E-state index contributed by atoms with van der Waals surface area (Å²) in [6, 6.07) is 16.7. The van der Waals surface area contributed by atoms with Crippen molar-refractivity contribution in [1.82, 2.24) is 15.5 Å². The third kappa shape index (κ3) is 10.5. The molecule has 220 valence electrons. The number of hydrogen-bond acceptors (Lipinski definition) is 9. The Balaban J connectivity index is 1.74. The molecule has 2 atom stereocenters. The zero-order chi connectivity index (χ0) is 29.8. The Labute approximate surface area is 239 Å². The molecule has 3 rings (SSSR count). The summed E-state index contributed by atoms with van der Waals surface area (Å²) in [5, 5.41) is 4.88. The number of aliphatic imine (C=N–C) groups is 1. The molecule has 2 N–H and O–H groups in total. The molecule has 1 aliphatic rings. The Hall–Kier alpha value is -4.61. The van der Waals surface area contributed by atoms with E-state index in [2.05, 4.69) is 15.6 Å². The van der Waals surface area contributed by atoms with Gasteiger partial charge in [0.25, 0.3) is 0 Å². The van der Waals surface area contributed by atoms with Crippen LogP contribution in [0.5, 0.6) is 0 Å². The molecule has 1 fully saturated rings. The molecule has 41 heavy (non-hydrogen) atoms. The van der Waals surface area contributed by atoms with E-state index in [1.807, 2.05) is 36.4 Å². The Bertz CT molecular complexity index is 1150. The molecule has 2 aromatic carbocycles. The summed E-state index contributed by atoms with van der Waals surface area (Å²) in [7, 11) is 1.24. The van der Waals surface area contributed by atoms with E-state index in [0.29, 0.717) is 6.42 Å². The van der Waals surface area contributed by atoms with Gasteiger partial charge in [-0.15, -0.1) is 0 Å². The quantitative estimate of drug-likeness (QED) is 0.229. The molecule has 0 bridgehead atoms. The minimum absolute atomic E-state index is 0.00489. The molecule has 3 amide bonds.